The van der Waals surface area contributed by atoms with Crippen LogP contribution in [0.1, 0.15) is 21.5 Å². The van der Waals surface area contributed by atoms with Crippen LogP contribution in [-0.4, -0.2) is 5.91 Å². The number of hydrogen-bond donors (Lipinski definition) is 2. The first-order valence-corrected chi connectivity index (χ1v) is 7.40. The molecule has 2 aromatic rings. The quantitative estimate of drug-likeness (QED) is 0.860. The van der Waals surface area contributed by atoms with Crippen molar-refractivity contribution in [3.8, 4) is 0 Å². The highest BCUT2D eigenvalue weighted by atomic mass is 79.9. The second-order valence-corrected chi connectivity index (χ2v) is 5.84. The van der Waals surface area contributed by atoms with Gasteiger partial charge in [0.1, 0.15) is 0 Å². The van der Waals surface area contributed by atoms with E-state index in [2.05, 4.69) is 26.6 Å². The molecule has 0 saturated carbocycles. The van der Waals surface area contributed by atoms with Crippen molar-refractivity contribution in [2.75, 3.05) is 5.32 Å². The number of fused-ring (bicyclic) bond motifs is 1. The Labute approximate surface area is 130 Å². The fourth-order valence-electron chi connectivity index (χ4n) is 2.23. The van der Waals surface area contributed by atoms with Gasteiger partial charge in [-0.15, -0.1) is 0 Å². The first-order chi connectivity index (χ1) is 9.65. The summed E-state index contributed by atoms with van der Waals surface area (Å²) in [5.41, 5.74) is 3.76. The number of anilines is 1. The van der Waals surface area contributed by atoms with Crippen molar-refractivity contribution in [3.05, 3.63) is 62.6 Å². The van der Waals surface area contributed by atoms with Crippen LogP contribution in [0.3, 0.4) is 0 Å². The molecule has 1 aliphatic rings. The molecule has 1 amide bonds. The molecule has 1 aliphatic heterocycles. The topological polar surface area (TPSA) is 41.1 Å². The van der Waals surface area contributed by atoms with Crippen molar-refractivity contribution >= 4 is 39.1 Å². The Balaban J connectivity index is 1.84. The highest BCUT2D eigenvalue weighted by Gasteiger charge is 2.14. The van der Waals surface area contributed by atoms with Crippen LogP contribution in [-0.2, 0) is 13.1 Å². The van der Waals surface area contributed by atoms with Crippen molar-refractivity contribution < 1.29 is 4.79 Å². The number of halogens is 2. The first-order valence-electron chi connectivity index (χ1n) is 6.23. The summed E-state index contributed by atoms with van der Waals surface area (Å²) >= 11 is 9.39. The van der Waals surface area contributed by atoms with Crippen LogP contribution in [0, 0.1) is 0 Å². The average molecular weight is 352 g/mol. The van der Waals surface area contributed by atoms with Gasteiger partial charge in [-0.25, -0.2) is 0 Å². The lowest BCUT2D eigenvalue weighted by atomic mass is 10.1. The number of carbonyl (C=O) groups excluding carboxylic acids is 1. The normalized spacial score (nSPS) is 13.1. The lowest BCUT2D eigenvalue weighted by Gasteiger charge is -2.09. The van der Waals surface area contributed by atoms with E-state index in [0.717, 1.165) is 13.1 Å². The maximum absolute atomic E-state index is 12.3. The molecule has 0 aliphatic carbocycles. The predicted octanol–water partition coefficient (Wildman–Crippen LogP) is 3.96. The highest BCUT2D eigenvalue weighted by Crippen LogP contribution is 2.30. The van der Waals surface area contributed by atoms with Crippen molar-refractivity contribution in [1.82, 2.24) is 5.32 Å². The standard InChI is InChI=1S/C15H12BrClN2O/c16-14-12(17)2-1-3-13(14)19-15(20)9-4-5-10-7-18-8-11(10)6-9/h1-6,18H,7-8H2,(H,19,20). The second-order valence-electron chi connectivity index (χ2n) is 4.64. The number of nitrogens with one attached hydrogen (secondary N) is 2. The fourth-order valence-corrected chi connectivity index (χ4v) is 2.77. The molecule has 0 spiro atoms. The summed E-state index contributed by atoms with van der Waals surface area (Å²) in [5.74, 6) is -0.136. The third-order valence-electron chi connectivity index (χ3n) is 3.30. The molecule has 2 aromatic carbocycles. The zero-order chi connectivity index (χ0) is 14.1. The van der Waals surface area contributed by atoms with E-state index in [1.807, 2.05) is 24.3 Å². The zero-order valence-electron chi connectivity index (χ0n) is 10.5. The Kier molecular flexibility index (Phi) is 3.78. The van der Waals surface area contributed by atoms with Crippen molar-refractivity contribution in [2.24, 2.45) is 0 Å². The number of benzene rings is 2. The summed E-state index contributed by atoms with van der Waals surface area (Å²) < 4.78 is 0.692. The largest absolute Gasteiger partial charge is 0.321 e. The van der Waals surface area contributed by atoms with E-state index in [-0.39, 0.29) is 5.91 Å². The SMILES string of the molecule is O=C(Nc1cccc(Cl)c1Br)c1ccc2c(c1)CNC2. The molecule has 20 heavy (non-hydrogen) atoms. The highest BCUT2D eigenvalue weighted by molar-refractivity contribution is 9.10. The fraction of sp³-hybridized carbons (Fsp3) is 0.133. The minimum atomic E-state index is -0.136. The minimum absolute atomic E-state index is 0.136. The Morgan fingerprint density at radius 3 is 2.85 bits per heavy atom. The van der Waals surface area contributed by atoms with Gasteiger partial charge in [0.2, 0.25) is 0 Å². The summed E-state index contributed by atoms with van der Waals surface area (Å²) in [6.45, 7) is 1.69. The molecule has 102 valence electrons. The van der Waals surface area contributed by atoms with Gasteiger partial charge in [0.05, 0.1) is 15.2 Å². The Bertz CT molecular complexity index is 688. The molecule has 0 saturated heterocycles. The van der Waals surface area contributed by atoms with Gasteiger partial charge in [-0.05, 0) is 51.3 Å². The molecule has 0 atom stereocenters. The Morgan fingerprint density at radius 2 is 2.00 bits per heavy atom. The molecule has 2 N–H and O–H groups in total. The number of carbonyl (C=O) groups is 1. The van der Waals surface area contributed by atoms with Crippen molar-refractivity contribution in [1.29, 1.82) is 0 Å². The summed E-state index contributed by atoms with van der Waals surface area (Å²) in [4.78, 5) is 12.3. The molecule has 5 heteroatoms. The van der Waals surface area contributed by atoms with Gasteiger partial charge in [0, 0.05) is 18.7 Å². The first kappa shape index (κ1) is 13.6. The van der Waals surface area contributed by atoms with Crippen LogP contribution in [0.4, 0.5) is 5.69 Å². The van der Waals surface area contributed by atoms with Crippen LogP contribution in [0.2, 0.25) is 5.02 Å². The third-order valence-corrected chi connectivity index (χ3v) is 4.70. The van der Waals surface area contributed by atoms with E-state index in [1.54, 1.807) is 12.1 Å². The Hall–Kier alpha value is -1.36. The van der Waals surface area contributed by atoms with Crippen LogP contribution in [0.15, 0.2) is 40.9 Å². The summed E-state index contributed by atoms with van der Waals surface area (Å²) in [6, 6.07) is 11.2. The Morgan fingerprint density at radius 1 is 1.20 bits per heavy atom. The van der Waals surface area contributed by atoms with Crippen LogP contribution in [0.5, 0.6) is 0 Å². The average Bonchev–Trinajstić information content (AvgIpc) is 2.91. The molecule has 0 bridgehead atoms. The molecule has 3 nitrogen and oxygen atoms in total. The van der Waals surface area contributed by atoms with Crippen molar-refractivity contribution in [3.63, 3.8) is 0 Å². The summed E-state index contributed by atoms with van der Waals surface area (Å²) in [6.07, 6.45) is 0. The molecule has 0 fully saturated rings. The van der Waals surface area contributed by atoms with Crippen LogP contribution >= 0.6 is 27.5 Å². The van der Waals surface area contributed by atoms with E-state index in [4.69, 9.17) is 11.6 Å². The lowest BCUT2D eigenvalue weighted by molar-refractivity contribution is 0.102. The number of rotatable bonds is 2. The smallest absolute Gasteiger partial charge is 0.255 e. The van der Waals surface area contributed by atoms with Crippen molar-refractivity contribution in [2.45, 2.75) is 13.1 Å². The summed E-state index contributed by atoms with van der Waals surface area (Å²) in [5, 5.41) is 6.70. The molecular weight excluding hydrogens is 340 g/mol. The van der Waals surface area contributed by atoms with Gasteiger partial charge in [0.15, 0.2) is 0 Å². The summed E-state index contributed by atoms with van der Waals surface area (Å²) in [7, 11) is 0. The molecule has 0 aromatic heterocycles. The molecular formula is C15H12BrClN2O. The molecule has 3 rings (SSSR count). The predicted molar refractivity (Wildman–Crippen MR) is 84.1 cm³/mol. The van der Waals surface area contributed by atoms with E-state index in [0.29, 0.717) is 20.7 Å². The molecule has 1 heterocycles. The minimum Gasteiger partial charge on any atom is -0.321 e. The second kappa shape index (κ2) is 5.56. The number of amides is 1. The monoisotopic (exact) mass is 350 g/mol. The van der Waals surface area contributed by atoms with E-state index in [9.17, 15) is 4.79 Å². The van der Waals surface area contributed by atoms with E-state index in [1.165, 1.54) is 11.1 Å². The lowest BCUT2D eigenvalue weighted by Crippen LogP contribution is -2.12. The van der Waals surface area contributed by atoms with Gasteiger partial charge < -0.3 is 10.6 Å². The van der Waals surface area contributed by atoms with Gasteiger partial charge >= 0.3 is 0 Å². The van der Waals surface area contributed by atoms with Crippen LogP contribution < -0.4 is 10.6 Å². The third kappa shape index (κ3) is 2.59. The molecule has 0 unspecified atom stereocenters. The maximum atomic E-state index is 12.3. The molecule has 0 radical (unpaired) electrons. The van der Waals surface area contributed by atoms with Crippen LogP contribution in [0.25, 0.3) is 0 Å². The van der Waals surface area contributed by atoms with Gasteiger partial charge in [-0.1, -0.05) is 23.7 Å². The number of hydrogen-bond acceptors (Lipinski definition) is 2. The van der Waals surface area contributed by atoms with Gasteiger partial charge in [0.25, 0.3) is 5.91 Å². The van der Waals surface area contributed by atoms with E-state index >= 15 is 0 Å². The van der Waals surface area contributed by atoms with E-state index < -0.39 is 0 Å². The maximum Gasteiger partial charge on any atom is 0.255 e. The zero-order valence-corrected chi connectivity index (χ0v) is 12.9. The van der Waals surface area contributed by atoms with Gasteiger partial charge in [-0.3, -0.25) is 4.79 Å². The van der Waals surface area contributed by atoms with Gasteiger partial charge in [-0.2, -0.15) is 0 Å².